The first kappa shape index (κ1) is 16.6. The highest BCUT2D eigenvalue weighted by Gasteiger charge is 2.25. The van der Waals surface area contributed by atoms with Gasteiger partial charge in [-0.2, -0.15) is 0 Å². The molecule has 1 aromatic rings. The van der Waals surface area contributed by atoms with E-state index in [2.05, 4.69) is 15.6 Å². The van der Waals surface area contributed by atoms with Crippen LogP contribution in [0.15, 0.2) is 24.4 Å². The summed E-state index contributed by atoms with van der Waals surface area (Å²) in [6.07, 6.45) is 1.42. The summed E-state index contributed by atoms with van der Waals surface area (Å²) < 4.78 is 0. The number of hydrogen-bond donors (Lipinski definition) is 3. The van der Waals surface area contributed by atoms with E-state index >= 15 is 0 Å². The number of aromatic nitrogens is 1. The maximum Gasteiger partial charge on any atom is 0.321 e. The van der Waals surface area contributed by atoms with Gasteiger partial charge in [-0.3, -0.25) is 19.9 Å². The van der Waals surface area contributed by atoms with Gasteiger partial charge in [0.2, 0.25) is 5.91 Å². The highest BCUT2D eigenvalue weighted by molar-refractivity contribution is 5.94. The maximum absolute atomic E-state index is 11.7. The Morgan fingerprint density at radius 3 is 2.52 bits per heavy atom. The first-order valence-corrected chi connectivity index (χ1v) is 6.48. The molecule has 7 heteroatoms. The smallest absolute Gasteiger partial charge is 0.321 e. The summed E-state index contributed by atoms with van der Waals surface area (Å²) >= 11 is 0. The number of carboxylic acid groups (broad SMARTS) is 1. The Labute approximate surface area is 122 Å². The summed E-state index contributed by atoms with van der Waals surface area (Å²) in [5, 5.41) is 13.4. The number of hydrogen-bond acceptors (Lipinski definition) is 4. The number of imide groups is 1. The van der Waals surface area contributed by atoms with Gasteiger partial charge in [0, 0.05) is 12.6 Å². The van der Waals surface area contributed by atoms with Crippen LogP contribution < -0.4 is 10.6 Å². The normalized spacial score (nSPS) is 10.8. The van der Waals surface area contributed by atoms with Crippen LogP contribution in [-0.4, -0.2) is 28.0 Å². The minimum absolute atomic E-state index is 0.0453. The Balaban J connectivity index is 2.37. The molecule has 3 N–H and O–H groups in total. The van der Waals surface area contributed by atoms with Crippen molar-refractivity contribution in [3.05, 3.63) is 30.1 Å². The SMILES string of the molecule is CC(C)(CC(=O)O)CC(=O)NC(=O)NCc1ccccn1. The summed E-state index contributed by atoms with van der Waals surface area (Å²) in [5.41, 5.74) is -0.0386. The van der Waals surface area contributed by atoms with Crippen molar-refractivity contribution in [1.82, 2.24) is 15.6 Å². The number of carboxylic acids is 1. The number of rotatable bonds is 6. The predicted octanol–water partition coefficient (Wildman–Crippen LogP) is 1.30. The fraction of sp³-hybridized carbons (Fsp3) is 0.429. The van der Waals surface area contributed by atoms with Crippen LogP contribution in [-0.2, 0) is 16.1 Å². The molecule has 1 heterocycles. The molecule has 0 aliphatic rings. The molecule has 114 valence electrons. The molecule has 0 aromatic carbocycles. The molecule has 0 atom stereocenters. The number of aliphatic carboxylic acids is 1. The lowest BCUT2D eigenvalue weighted by atomic mass is 9.85. The van der Waals surface area contributed by atoms with E-state index in [-0.39, 0.29) is 19.4 Å². The van der Waals surface area contributed by atoms with Crippen LogP contribution in [0.25, 0.3) is 0 Å². The minimum atomic E-state index is -0.979. The number of carbonyl (C=O) groups excluding carboxylic acids is 2. The van der Waals surface area contributed by atoms with Crippen molar-refractivity contribution in [2.75, 3.05) is 0 Å². The zero-order chi connectivity index (χ0) is 15.9. The van der Waals surface area contributed by atoms with E-state index in [0.29, 0.717) is 5.69 Å². The lowest BCUT2D eigenvalue weighted by molar-refractivity contribution is -0.139. The van der Waals surface area contributed by atoms with Crippen molar-refractivity contribution < 1.29 is 19.5 Å². The zero-order valence-electron chi connectivity index (χ0n) is 12.0. The molecule has 0 saturated carbocycles. The third-order valence-corrected chi connectivity index (χ3v) is 2.68. The molecule has 21 heavy (non-hydrogen) atoms. The van der Waals surface area contributed by atoms with Gasteiger partial charge in [-0.15, -0.1) is 0 Å². The summed E-state index contributed by atoms with van der Waals surface area (Å²) in [6.45, 7) is 3.53. The third-order valence-electron chi connectivity index (χ3n) is 2.68. The molecule has 1 rings (SSSR count). The van der Waals surface area contributed by atoms with Gasteiger partial charge in [0.15, 0.2) is 0 Å². The van der Waals surface area contributed by atoms with Crippen molar-refractivity contribution in [2.45, 2.75) is 33.2 Å². The van der Waals surface area contributed by atoms with Gasteiger partial charge in [0.05, 0.1) is 18.7 Å². The number of nitrogens with zero attached hydrogens (tertiary/aromatic N) is 1. The molecule has 0 aliphatic carbocycles. The molecule has 0 saturated heterocycles. The lowest BCUT2D eigenvalue weighted by Crippen LogP contribution is -2.41. The second kappa shape index (κ2) is 7.37. The van der Waals surface area contributed by atoms with E-state index < -0.39 is 23.3 Å². The van der Waals surface area contributed by atoms with Gasteiger partial charge >= 0.3 is 12.0 Å². The molecular formula is C14H19N3O4. The number of carbonyl (C=O) groups is 3. The third kappa shape index (κ3) is 7.05. The standard InChI is InChI=1S/C14H19N3O4/c1-14(2,8-12(19)20)7-11(18)17-13(21)16-9-10-5-3-4-6-15-10/h3-6H,7-9H2,1-2H3,(H,19,20)(H2,16,17,18,21). The average Bonchev–Trinajstić information content (AvgIpc) is 2.35. The lowest BCUT2D eigenvalue weighted by Gasteiger charge is -2.21. The van der Waals surface area contributed by atoms with Crippen LogP contribution >= 0.6 is 0 Å². The molecule has 0 bridgehead atoms. The van der Waals surface area contributed by atoms with Crippen LogP contribution in [0.3, 0.4) is 0 Å². The maximum atomic E-state index is 11.7. The number of amides is 3. The van der Waals surface area contributed by atoms with E-state index in [1.165, 1.54) is 0 Å². The molecule has 0 fully saturated rings. The second-order valence-electron chi connectivity index (χ2n) is 5.46. The van der Waals surface area contributed by atoms with Gasteiger partial charge in [-0.25, -0.2) is 4.79 Å². The molecule has 0 unspecified atom stereocenters. The van der Waals surface area contributed by atoms with E-state index in [1.54, 1.807) is 38.2 Å². The quantitative estimate of drug-likeness (QED) is 0.732. The Kier molecular flexibility index (Phi) is 5.83. The van der Waals surface area contributed by atoms with Crippen molar-refractivity contribution in [3.8, 4) is 0 Å². The summed E-state index contributed by atoms with van der Waals surface area (Å²) in [5.74, 6) is -1.49. The van der Waals surface area contributed by atoms with Crippen LogP contribution in [0.2, 0.25) is 0 Å². The fourth-order valence-electron chi connectivity index (χ4n) is 1.80. The Morgan fingerprint density at radius 1 is 1.24 bits per heavy atom. The number of pyridine rings is 1. The summed E-state index contributed by atoms with van der Waals surface area (Å²) in [6, 6.07) is 4.67. The van der Waals surface area contributed by atoms with E-state index in [9.17, 15) is 14.4 Å². The van der Waals surface area contributed by atoms with Crippen molar-refractivity contribution in [1.29, 1.82) is 0 Å². The predicted molar refractivity (Wildman–Crippen MR) is 75.3 cm³/mol. The van der Waals surface area contributed by atoms with Gasteiger partial charge in [0.25, 0.3) is 0 Å². The topological polar surface area (TPSA) is 108 Å². The molecule has 3 amide bonds. The largest absolute Gasteiger partial charge is 0.481 e. The van der Waals surface area contributed by atoms with E-state index in [4.69, 9.17) is 5.11 Å². The summed E-state index contributed by atoms with van der Waals surface area (Å²) in [7, 11) is 0. The van der Waals surface area contributed by atoms with Crippen molar-refractivity contribution >= 4 is 17.9 Å². The molecule has 1 aromatic heterocycles. The first-order chi connectivity index (χ1) is 9.78. The molecule has 7 nitrogen and oxygen atoms in total. The highest BCUT2D eigenvalue weighted by atomic mass is 16.4. The second-order valence-corrected chi connectivity index (χ2v) is 5.46. The Bertz CT molecular complexity index is 514. The molecule has 0 aliphatic heterocycles. The van der Waals surface area contributed by atoms with Crippen LogP contribution in [0.4, 0.5) is 4.79 Å². The number of urea groups is 1. The Hall–Kier alpha value is -2.44. The van der Waals surface area contributed by atoms with Crippen LogP contribution in [0, 0.1) is 5.41 Å². The van der Waals surface area contributed by atoms with E-state index in [1.807, 2.05) is 0 Å². The summed E-state index contributed by atoms with van der Waals surface area (Å²) in [4.78, 5) is 37.9. The molecule has 0 radical (unpaired) electrons. The monoisotopic (exact) mass is 293 g/mol. The first-order valence-electron chi connectivity index (χ1n) is 6.48. The number of nitrogens with one attached hydrogen (secondary N) is 2. The van der Waals surface area contributed by atoms with Crippen molar-refractivity contribution in [3.63, 3.8) is 0 Å². The van der Waals surface area contributed by atoms with Crippen LogP contribution in [0.1, 0.15) is 32.4 Å². The minimum Gasteiger partial charge on any atom is -0.481 e. The van der Waals surface area contributed by atoms with Gasteiger partial charge in [-0.1, -0.05) is 19.9 Å². The average molecular weight is 293 g/mol. The van der Waals surface area contributed by atoms with Gasteiger partial charge in [0.1, 0.15) is 0 Å². The van der Waals surface area contributed by atoms with Crippen LogP contribution in [0.5, 0.6) is 0 Å². The van der Waals surface area contributed by atoms with E-state index in [0.717, 1.165) is 0 Å². The zero-order valence-corrected chi connectivity index (χ0v) is 12.0. The highest BCUT2D eigenvalue weighted by Crippen LogP contribution is 2.24. The molecule has 0 spiro atoms. The molecular weight excluding hydrogens is 274 g/mol. The van der Waals surface area contributed by atoms with Crippen molar-refractivity contribution in [2.24, 2.45) is 5.41 Å². The van der Waals surface area contributed by atoms with Gasteiger partial charge < -0.3 is 10.4 Å². The van der Waals surface area contributed by atoms with Gasteiger partial charge in [-0.05, 0) is 17.5 Å². The Morgan fingerprint density at radius 2 is 1.95 bits per heavy atom. The fourth-order valence-corrected chi connectivity index (χ4v) is 1.80.